The predicted octanol–water partition coefficient (Wildman–Crippen LogP) is 3.95. The van der Waals surface area contributed by atoms with Crippen LogP contribution in [0, 0.1) is 0 Å². The molecule has 0 saturated heterocycles. The minimum atomic E-state index is 0. The van der Waals surface area contributed by atoms with Crippen molar-refractivity contribution in [1.82, 2.24) is 5.32 Å². The Bertz CT molecular complexity index is 280. The molecule has 0 bridgehead atoms. The maximum absolute atomic E-state index is 5.82. The molecule has 1 aliphatic carbocycles. The number of hydrogen-bond donors (Lipinski definition) is 1. The Kier molecular flexibility index (Phi) is 5.65. The quantitative estimate of drug-likeness (QED) is 0.889. The van der Waals surface area contributed by atoms with Gasteiger partial charge in [-0.25, -0.2) is 0 Å². The van der Waals surface area contributed by atoms with Gasteiger partial charge >= 0.3 is 0 Å². The molecule has 0 spiro atoms. The molecular formula is C12H17BrClN. The second-order valence-electron chi connectivity index (χ2n) is 3.99. The van der Waals surface area contributed by atoms with Crippen molar-refractivity contribution in [3.63, 3.8) is 0 Å². The Morgan fingerprint density at radius 1 is 1.13 bits per heavy atom. The minimum absolute atomic E-state index is 0. The van der Waals surface area contributed by atoms with E-state index in [4.69, 9.17) is 11.6 Å². The van der Waals surface area contributed by atoms with Crippen molar-refractivity contribution in [1.29, 1.82) is 0 Å². The van der Waals surface area contributed by atoms with E-state index in [1.165, 1.54) is 31.2 Å². The molecule has 1 saturated carbocycles. The van der Waals surface area contributed by atoms with Crippen LogP contribution >= 0.6 is 28.6 Å². The molecule has 1 nitrogen and oxygen atoms in total. The van der Waals surface area contributed by atoms with Gasteiger partial charge in [-0.1, -0.05) is 36.6 Å². The van der Waals surface area contributed by atoms with E-state index in [0.29, 0.717) is 0 Å². The maximum atomic E-state index is 5.82. The molecule has 1 N–H and O–H groups in total. The zero-order valence-electron chi connectivity index (χ0n) is 8.71. The molecule has 15 heavy (non-hydrogen) atoms. The first-order valence-electron chi connectivity index (χ1n) is 5.32. The van der Waals surface area contributed by atoms with Crippen LogP contribution in [0.25, 0.3) is 0 Å². The van der Waals surface area contributed by atoms with Gasteiger partial charge in [0.05, 0.1) is 0 Å². The molecule has 1 aromatic rings. The summed E-state index contributed by atoms with van der Waals surface area (Å²) in [5.74, 6) is 0. The second kappa shape index (κ2) is 6.51. The van der Waals surface area contributed by atoms with Gasteiger partial charge in [-0.15, -0.1) is 17.0 Å². The van der Waals surface area contributed by atoms with Crippen molar-refractivity contribution >= 4 is 28.6 Å². The summed E-state index contributed by atoms with van der Waals surface area (Å²) in [6, 6.07) is 8.82. The molecule has 0 unspecified atom stereocenters. The molecule has 0 heterocycles. The van der Waals surface area contributed by atoms with E-state index in [0.717, 1.165) is 17.6 Å². The van der Waals surface area contributed by atoms with E-state index < -0.39 is 0 Å². The van der Waals surface area contributed by atoms with E-state index in [1.54, 1.807) is 0 Å². The van der Waals surface area contributed by atoms with E-state index in [1.807, 2.05) is 12.1 Å². The smallest absolute Gasteiger partial charge is 0.0406 e. The molecule has 0 aliphatic heterocycles. The molecule has 0 aromatic heterocycles. The number of benzene rings is 1. The largest absolute Gasteiger partial charge is 0.310 e. The van der Waals surface area contributed by atoms with Gasteiger partial charge in [0.25, 0.3) is 0 Å². The Hall–Kier alpha value is -0.0500. The van der Waals surface area contributed by atoms with Crippen molar-refractivity contribution < 1.29 is 0 Å². The van der Waals surface area contributed by atoms with Crippen LogP contribution in [0.15, 0.2) is 24.3 Å². The van der Waals surface area contributed by atoms with Crippen molar-refractivity contribution in [3.05, 3.63) is 34.9 Å². The molecular weight excluding hydrogens is 273 g/mol. The van der Waals surface area contributed by atoms with Crippen LogP contribution in [0.2, 0.25) is 5.02 Å². The highest BCUT2D eigenvalue weighted by Crippen LogP contribution is 2.18. The molecule has 1 fully saturated rings. The highest BCUT2D eigenvalue weighted by Gasteiger charge is 2.13. The third-order valence-electron chi connectivity index (χ3n) is 2.86. The van der Waals surface area contributed by atoms with Gasteiger partial charge in [-0.2, -0.15) is 0 Å². The second-order valence-corrected chi connectivity index (χ2v) is 4.43. The van der Waals surface area contributed by atoms with Crippen molar-refractivity contribution in [2.75, 3.05) is 0 Å². The molecule has 84 valence electrons. The molecule has 1 aromatic carbocycles. The zero-order valence-corrected chi connectivity index (χ0v) is 11.2. The van der Waals surface area contributed by atoms with E-state index in [2.05, 4.69) is 17.4 Å². The first-order chi connectivity index (χ1) is 6.84. The predicted molar refractivity (Wildman–Crippen MR) is 70.9 cm³/mol. The summed E-state index contributed by atoms with van der Waals surface area (Å²) in [5, 5.41) is 4.39. The average Bonchev–Trinajstić information content (AvgIpc) is 2.70. The monoisotopic (exact) mass is 289 g/mol. The summed E-state index contributed by atoms with van der Waals surface area (Å²) in [5.41, 5.74) is 1.32. The van der Waals surface area contributed by atoms with Crippen LogP contribution < -0.4 is 5.32 Å². The molecule has 0 radical (unpaired) electrons. The van der Waals surface area contributed by atoms with Crippen LogP contribution in [0.1, 0.15) is 31.2 Å². The van der Waals surface area contributed by atoms with E-state index >= 15 is 0 Å². The first kappa shape index (κ1) is 13.0. The lowest BCUT2D eigenvalue weighted by atomic mass is 10.2. The fourth-order valence-electron chi connectivity index (χ4n) is 1.99. The van der Waals surface area contributed by atoms with E-state index in [9.17, 15) is 0 Å². The number of hydrogen-bond acceptors (Lipinski definition) is 1. The standard InChI is InChI=1S/C12H16ClN.BrH/c13-11-7-5-10(6-8-11)9-14-12-3-1-2-4-12;/h5-8,12,14H,1-4,9H2;1H. The normalized spacial score (nSPS) is 16.3. The van der Waals surface area contributed by atoms with Crippen molar-refractivity contribution in [2.24, 2.45) is 0 Å². The van der Waals surface area contributed by atoms with Crippen LogP contribution in [-0.4, -0.2) is 6.04 Å². The highest BCUT2D eigenvalue weighted by atomic mass is 79.9. The summed E-state index contributed by atoms with van der Waals surface area (Å²) in [6.07, 6.45) is 5.46. The fourth-order valence-corrected chi connectivity index (χ4v) is 2.12. The molecule has 2 rings (SSSR count). The summed E-state index contributed by atoms with van der Waals surface area (Å²) < 4.78 is 0. The van der Waals surface area contributed by atoms with Crippen molar-refractivity contribution in [3.8, 4) is 0 Å². The van der Waals surface area contributed by atoms with Crippen LogP contribution in [0.5, 0.6) is 0 Å². The topological polar surface area (TPSA) is 12.0 Å². The Morgan fingerprint density at radius 2 is 1.73 bits per heavy atom. The minimum Gasteiger partial charge on any atom is -0.310 e. The molecule has 0 amide bonds. The third-order valence-corrected chi connectivity index (χ3v) is 3.12. The summed E-state index contributed by atoms with van der Waals surface area (Å²) in [6.45, 7) is 0.974. The lowest BCUT2D eigenvalue weighted by Gasteiger charge is -2.11. The Morgan fingerprint density at radius 3 is 2.33 bits per heavy atom. The lowest BCUT2D eigenvalue weighted by molar-refractivity contribution is 0.524. The third kappa shape index (κ3) is 4.13. The van der Waals surface area contributed by atoms with Gasteiger partial charge in [-0.3, -0.25) is 0 Å². The average molecular weight is 291 g/mol. The summed E-state index contributed by atoms with van der Waals surface area (Å²) in [4.78, 5) is 0. The van der Waals surface area contributed by atoms with Crippen LogP contribution in [-0.2, 0) is 6.54 Å². The molecule has 3 heteroatoms. The maximum Gasteiger partial charge on any atom is 0.0406 e. The fraction of sp³-hybridized carbons (Fsp3) is 0.500. The van der Waals surface area contributed by atoms with Gasteiger partial charge in [0.15, 0.2) is 0 Å². The summed E-state index contributed by atoms with van der Waals surface area (Å²) >= 11 is 5.82. The zero-order chi connectivity index (χ0) is 9.80. The van der Waals surface area contributed by atoms with E-state index in [-0.39, 0.29) is 17.0 Å². The van der Waals surface area contributed by atoms with Gasteiger partial charge in [0.2, 0.25) is 0 Å². The Balaban J connectivity index is 0.00000112. The number of rotatable bonds is 3. The summed E-state index contributed by atoms with van der Waals surface area (Å²) in [7, 11) is 0. The van der Waals surface area contributed by atoms with Gasteiger partial charge in [-0.05, 0) is 30.5 Å². The lowest BCUT2D eigenvalue weighted by Crippen LogP contribution is -2.25. The molecule has 1 aliphatic rings. The number of halogens is 2. The highest BCUT2D eigenvalue weighted by molar-refractivity contribution is 8.93. The van der Waals surface area contributed by atoms with Crippen LogP contribution in [0.3, 0.4) is 0 Å². The van der Waals surface area contributed by atoms with Gasteiger partial charge in [0, 0.05) is 17.6 Å². The van der Waals surface area contributed by atoms with Gasteiger partial charge in [0.1, 0.15) is 0 Å². The Labute approximate surface area is 107 Å². The van der Waals surface area contributed by atoms with Crippen molar-refractivity contribution in [2.45, 2.75) is 38.3 Å². The SMILES string of the molecule is Br.Clc1ccc(CNC2CCCC2)cc1. The molecule has 0 atom stereocenters. The number of nitrogens with one attached hydrogen (secondary N) is 1. The van der Waals surface area contributed by atoms with Gasteiger partial charge < -0.3 is 5.32 Å². The first-order valence-corrected chi connectivity index (χ1v) is 5.70. The van der Waals surface area contributed by atoms with Crippen LogP contribution in [0.4, 0.5) is 0 Å².